The maximum atomic E-state index is 10.6. The van der Waals surface area contributed by atoms with Crippen LogP contribution in [0, 0.1) is 0 Å². The second kappa shape index (κ2) is 5.75. The lowest BCUT2D eigenvalue weighted by Gasteiger charge is -2.16. The summed E-state index contributed by atoms with van der Waals surface area (Å²) in [6, 6.07) is 2.46. The van der Waals surface area contributed by atoms with Gasteiger partial charge in [0.2, 0.25) is 0 Å². The summed E-state index contributed by atoms with van der Waals surface area (Å²) >= 11 is 6.04. The third-order valence-corrected chi connectivity index (χ3v) is 2.60. The number of hydrogen-bond acceptors (Lipinski definition) is 4. The Hall–Kier alpha value is -1.46. The van der Waals surface area contributed by atoms with Gasteiger partial charge in [0, 0.05) is 17.7 Å². The van der Waals surface area contributed by atoms with Gasteiger partial charge in [0.05, 0.1) is 25.7 Å². The highest BCUT2D eigenvalue weighted by Gasteiger charge is 2.20. The van der Waals surface area contributed by atoms with E-state index in [1.54, 1.807) is 12.1 Å². The molecule has 3 N–H and O–H groups in total. The Morgan fingerprint density at radius 3 is 2.59 bits per heavy atom. The van der Waals surface area contributed by atoms with Gasteiger partial charge in [-0.05, 0) is 6.07 Å². The molecule has 1 unspecified atom stereocenters. The normalized spacial score (nSPS) is 12.0. The molecular formula is C11H14ClNO4. The molecule has 0 aliphatic heterocycles. The van der Waals surface area contributed by atoms with Gasteiger partial charge >= 0.3 is 5.97 Å². The van der Waals surface area contributed by atoms with Crippen LogP contribution in [0.25, 0.3) is 0 Å². The van der Waals surface area contributed by atoms with E-state index in [9.17, 15) is 4.79 Å². The summed E-state index contributed by atoms with van der Waals surface area (Å²) in [5, 5.41) is 9.04. The average molecular weight is 260 g/mol. The van der Waals surface area contributed by atoms with Crippen molar-refractivity contribution >= 4 is 17.6 Å². The van der Waals surface area contributed by atoms with Crippen LogP contribution in [0.5, 0.6) is 11.5 Å². The first kappa shape index (κ1) is 13.6. The second-order valence-corrected chi connectivity index (χ2v) is 3.84. The summed E-state index contributed by atoms with van der Waals surface area (Å²) in [7, 11) is 2.96. The summed E-state index contributed by atoms with van der Waals surface area (Å²) in [6.07, 6.45) is -0.220. The van der Waals surface area contributed by atoms with E-state index in [2.05, 4.69) is 0 Å². The zero-order valence-corrected chi connectivity index (χ0v) is 10.3. The molecule has 1 aromatic rings. The molecule has 0 saturated heterocycles. The van der Waals surface area contributed by atoms with Crippen LogP contribution >= 0.6 is 11.6 Å². The number of ether oxygens (including phenoxy) is 2. The van der Waals surface area contributed by atoms with E-state index >= 15 is 0 Å². The molecule has 0 heterocycles. The third-order valence-electron chi connectivity index (χ3n) is 2.29. The molecule has 1 atom stereocenters. The van der Waals surface area contributed by atoms with Crippen molar-refractivity contribution in [3.05, 3.63) is 22.7 Å². The van der Waals surface area contributed by atoms with Gasteiger partial charge in [0.25, 0.3) is 0 Å². The molecule has 5 nitrogen and oxygen atoms in total. The lowest BCUT2D eigenvalue weighted by Crippen LogP contribution is -2.16. The van der Waals surface area contributed by atoms with Crippen molar-refractivity contribution in [3.63, 3.8) is 0 Å². The Morgan fingerprint density at radius 1 is 1.47 bits per heavy atom. The number of carboxylic acid groups (broad SMARTS) is 1. The molecule has 1 rings (SSSR count). The first-order valence-electron chi connectivity index (χ1n) is 4.88. The van der Waals surface area contributed by atoms with Gasteiger partial charge in [0.15, 0.2) is 0 Å². The minimum atomic E-state index is -0.994. The van der Waals surface area contributed by atoms with Crippen LogP contribution in [-0.2, 0) is 4.79 Å². The molecule has 0 aliphatic carbocycles. The maximum absolute atomic E-state index is 10.6. The number of halogens is 1. The number of benzene rings is 1. The van der Waals surface area contributed by atoms with Crippen molar-refractivity contribution in [2.24, 2.45) is 5.73 Å². The highest BCUT2D eigenvalue weighted by Crippen LogP contribution is 2.36. The fraction of sp³-hybridized carbons (Fsp3) is 0.364. The highest BCUT2D eigenvalue weighted by molar-refractivity contribution is 6.31. The Balaban J connectivity index is 3.17. The molecule has 0 radical (unpaired) electrons. The van der Waals surface area contributed by atoms with Crippen LogP contribution in [0.3, 0.4) is 0 Å². The number of hydrogen-bond donors (Lipinski definition) is 2. The van der Waals surface area contributed by atoms with Crippen LogP contribution in [0.2, 0.25) is 5.02 Å². The molecule has 94 valence electrons. The number of aliphatic carboxylic acids is 1. The van der Waals surface area contributed by atoms with E-state index in [0.717, 1.165) is 0 Å². The highest BCUT2D eigenvalue weighted by atomic mass is 35.5. The lowest BCUT2D eigenvalue weighted by molar-refractivity contribution is -0.137. The van der Waals surface area contributed by atoms with Crippen molar-refractivity contribution in [2.45, 2.75) is 12.5 Å². The van der Waals surface area contributed by atoms with Crippen molar-refractivity contribution < 1.29 is 19.4 Å². The van der Waals surface area contributed by atoms with E-state index < -0.39 is 12.0 Å². The van der Waals surface area contributed by atoms with E-state index in [0.29, 0.717) is 22.1 Å². The Morgan fingerprint density at radius 2 is 2.12 bits per heavy atom. The van der Waals surface area contributed by atoms with Crippen LogP contribution in [0.15, 0.2) is 12.1 Å². The molecule has 0 aliphatic rings. The van der Waals surface area contributed by atoms with Gasteiger partial charge in [-0.15, -0.1) is 0 Å². The summed E-state index contributed by atoms with van der Waals surface area (Å²) in [5.41, 5.74) is 6.25. The van der Waals surface area contributed by atoms with Gasteiger partial charge in [-0.1, -0.05) is 11.6 Å². The monoisotopic (exact) mass is 259 g/mol. The Bertz CT molecular complexity index is 422. The summed E-state index contributed by atoms with van der Waals surface area (Å²) in [6.45, 7) is 0. The smallest absolute Gasteiger partial charge is 0.305 e. The molecule has 0 aromatic heterocycles. The molecule has 0 fully saturated rings. The Labute approximate surface area is 104 Å². The molecule has 0 amide bonds. The van der Waals surface area contributed by atoms with Gasteiger partial charge in [-0.3, -0.25) is 4.79 Å². The summed E-state index contributed by atoms with van der Waals surface area (Å²) < 4.78 is 10.2. The van der Waals surface area contributed by atoms with Crippen LogP contribution in [0.4, 0.5) is 0 Å². The first-order chi connectivity index (χ1) is 7.99. The van der Waals surface area contributed by atoms with Gasteiger partial charge in [-0.2, -0.15) is 0 Å². The van der Waals surface area contributed by atoms with Crippen molar-refractivity contribution in [1.29, 1.82) is 0 Å². The van der Waals surface area contributed by atoms with E-state index in [1.165, 1.54) is 14.2 Å². The molecule has 17 heavy (non-hydrogen) atoms. The summed E-state index contributed by atoms with van der Waals surface area (Å²) in [4.78, 5) is 10.6. The largest absolute Gasteiger partial charge is 0.497 e. The fourth-order valence-corrected chi connectivity index (χ4v) is 1.85. The maximum Gasteiger partial charge on any atom is 0.305 e. The second-order valence-electron chi connectivity index (χ2n) is 3.43. The van der Waals surface area contributed by atoms with E-state index in [4.69, 9.17) is 31.9 Å². The lowest BCUT2D eigenvalue weighted by atomic mass is 10.0. The Kier molecular flexibility index (Phi) is 4.60. The predicted molar refractivity (Wildman–Crippen MR) is 63.7 cm³/mol. The van der Waals surface area contributed by atoms with Crippen LogP contribution in [-0.4, -0.2) is 25.3 Å². The quantitative estimate of drug-likeness (QED) is 0.843. The number of nitrogens with two attached hydrogens (primary N) is 1. The number of methoxy groups -OCH3 is 2. The van der Waals surface area contributed by atoms with Gasteiger partial charge in [-0.25, -0.2) is 0 Å². The number of rotatable bonds is 5. The zero-order valence-electron chi connectivity index (χ0n) is 9.57. The van der Waals surface area contributed by atoms with Crippen molar-refractivity contribution in [1.82, 2.24) is 0 Å². The molecule has 0 bridgehead atoms. The predicted octanol–water partition coefficient (Wildman–Crippen LogP) is 1.83. The van der Waals surface area contributed by atoms with Crippen LogP contribution < -0.4 is 15.2 Å². The number of carboxylic acids is 1. The fourth-order valence-electron chi connectivity index (χ4n) is 1.51. The third kappa shape index (κ3) is 3.25. The van der Waals surface area contributed by atoms with Crippen LogP contribution in [0.1, 0.15) is 18.0 Å². The number of carbonyl (C=O) groups is 1. The molecule has 6 heteroatoms. The average Bonchev–Trinajstić information content (AvgIpc) is 2.26. The first-order valence-corrected chi connectivity index (χ1v) is 5.26. The van der Waals surface area contributed by atoms with Gasteiger partial charge < -0.3 is 20.3 Å². The van der Waals surface area contributed by atoms with Gasteiger partial charge in [0.1, 0.15) is 11.5 Å². The van der Waals surface area contributed by atoms with E-state index in [-0.39, 0.29) is 6.42 Å². The standard InChI is InChI=1S/C11H14ClNO4/c1-16-6-3-7(12)11(9(4-6)17-2)8(13)5-10(14)15/h3-4,8H,5,13H2,1-2H3,(H,14,15). The minimum Gasteiger partial charge on any atom is -0.497 e. The van der Waals surface area contributed by atoms with E-state index in [1.807, 2.05) is 0 Å². The molecule has 0 saturated carbocycles. The van der Waals surface area contributed by atoms with Crippen molar-refractivity contribution in [2.75, 3.05) is 14.2 Å². The zero-order chi connectivity index (χ0) is 13.0. The molecular weight excluding hydrogens is 246 g/mol. The SMILES string of the molecule is COc1cc(Cl)c(C(N)CC(=O)O)c(OC)c1. The molecule has 0 spiro atoms. The topological polar surface area (TPSA) is 81.8 Å². The van der Waals surface area contributed by atoms with Crippen molar-refractivity contribution in [3.8, 4) is 11.5 Å². The molecule has 1 aromatic carbocycles. The minimum absolute atomic E-state index is 0.220. The summed E-state index contributed by atoms with van der Waals surface area (Å²) in [5.74, 6) is -0.0485.